The molecule has 118 valence electrons. The smallest absolute Gasteiger partial charge is 0.259 e. The molecule has 0 atom stereocenters. The van der Waals surface area contributed by atoms with E-state index < -0.39 is 0 Å². The lowest BCUT2D eigenvalue weighted by Crippen LogP contribution is -2.11. The first kappa shape index (κ1) is 14.6. The molecule has 0 unspecified atom stereocenters. The third-order valence-corrected chi connectivity index (χ3v) is 4.86. The number of aromatic nitrogens is 5. The van der Waals surface area contributed by atoms with Crippen LogP contribution >= 0.6 is 11.8 Å². The van der Waals surface area contributed by atoms with E-state index in [1.807, 2.05) is 19.1 Å². The Kier molecular flexibility index (Phi) is 3.62. The molecule has 0 radical (unpaired) electrons. The van der Waals surface area contributed by atoms with E-state index in [0.29, 0.717) is 5.56 Å². The van der Waals surface area contributed by atoms with Crippen LogP contribution in [0.3, 0.4) is 0 Å². The summed E-state index contributed by atoms with van der Waals surface area (Å²) in [6.45, 7) is 1.88. The average Bonchev–Trinajstić information content (AvgIpc) is 3.11. The molecule has 2 heterocycles. The Hall–Kier alpha value is -2.93. The van der Waals surface area contributed by atoms with Crippen LogP contribution in [0.25, 0.3) is 22.2 Å². The fraction of sp³-hybridized carbons (Fsp3) is 0.0588. The SMILES string of the molecule is Cc1[nH]c(=O)c(-c2nn[nH]n2)cc1Sc1ccc2ccccc2c1. The van der Waals surface area contributed by atoms with Crippen LogP contribution in [-0.2, 0) is 0 Å². The summed E-state index contributed by atoms with van der Waals surface area (Å²) in [5.74, 6) is 0.289. The molecule has 0 amide bonds. The van der Waals surface area contributed by atoms with Crippen LogP contribution in [0.2, 0.25) is 0 Å². The van der Waals surface area contributed by atoms with Gasteiger partial charge in [-0.1, -0.05) is 42.1 Å². The van der Waals surface area contributed by atoms with E-state index in [-0.39, 0.29) is 11.4 Å². The molecule has 0 bridgehead atoms. The number of benzene rings is 2. The van der Waals surface area contributed by atoms with Crippen molar-refractivity contribution < 1.29 is 0 Å². The molecule has 0 saturated carbocycles. The van der Waals surface area contributed by atoms with Crippen LogP contribution in [0.15, 0.2) is 63.1 Å². The van der Waals surface area contributed by atoms with Crippen molar-refractivity contribution >= 4 is 22.5 Å². The summed E-state index contributed by atoms with van der Waals surface area (Å²) < 4.78 is 0. The number of H-pyrrole nitrogens is 2. The molecule has 24 heavy (non-hydrogen) atoms. The summed E-state index contributed by atoms with van der Waals surface area (Å²) in [6.07, 6.45) is 0. The number of tetrazole rings is 1. The van der Waals surface area contributed by atoms with Gasteiger partial charge in [0.25, 0.3) is 5.56 Å². The Labute approximate surface area is 141 Å². The number of nitrogens with one attached hydrogen (secondary N) is 2. The fourth-order valence-corrected chi connectivity index (χ4v) is 3.47. The van der Waals surface area contributed by atoms with Crippen LogP contribution in [0, 0.1) is 6.92 Å². The number of pyridine rings is 1. The van der Waals surface area contributed by atoms with Crippen molar-refractivity contribution in [1.29, 1.82) is 0 Å². The molecule has 0 aliphatic heterocycles. The summed E-state index contributed by atoms with van der Waals surface area (Å²) in [5, 5.41) is 16.0. The van der Waals surface area contributed by atoms with Crippen molar-refractivity contribution in [2.75, 3.05) is 0 Å². The number of nitrogens with zero attached hydrogens (tertiary/aromatic N) is 3. The van der Waals surface area contributed by atoms with E-state index in [2.05, 4.69) is 55.9 Å². The van der Waals surface area contributed by atoms with Gasteiger partial charge in [0.05, 0.1) is 5.56 Å². The molecule has 4 aromatic rings. The molecule has 0 saturated heterocycles. The standard InChI is InChI=1S/C17H13N5OS/c1-10-15(9-14(17(23)18-10)16-19-21-22-20-16)24-13-7-6-11-4-2-3-5-12(11)8-13/h2-9H,1H3,(H,18,23)(H,19,20,21,22). The Balaban J connectivity index is 1.75. The second-order valence-electron chi connectivity index (χ2n) is 5.35. The van der Waals surface area contributed by atoms with Crippen molar-refractivity contribution in [1.82, 2.24) is 25.6 Å². The molecule has 2 aromatic heterocycles. The van der Waals surface area contributed by atoms with Gasteiger partial charge in [0.2, 0.25) is 5.82 Å². The van der Waals surface area contributed by atoms with Crippen molar-refractivity contribution in [3.8, 4) is 11.4 Å². The zero-order valence-corrected chi connectivity index (χ0v) is 13.6. The van der Waals surface area contributed by atoms with Gasteiger partial charge in [-0.2, -0.15) is 5.21 Å². The molecule has 0 aliphatic carbocycles. The summed E-state index contributed by atoms with van der Waals surface area (Å²) in [5.41, 5.74) is 0.986. The first-order valence-electron chi connectivity index (χ1n) is 7.35. The molecule has 4 rings (SSSR count). The second kappa shape index (κ2) is 5.93. The quantitative estimate of drug-likeness (QED) is 0.600. The Morgan fingerprint density at radius 1 is 1.04 bits per heavy atom. The van der Waals surface area contributed by atoms with Crippen LogP contribution in [-0.4, -0.2) is 25.6 Å². The lowest BCUT2D eigenvalue weighted by atomic mass is 10.1. The van der Waals surface area contributed by atoms with Crippen LogP contribution in [0.4, 0.5) is 0 Å². The van der Waals surface area contributed by atoms with Gasteiger partial charge < -0.3 is 4.98 Å². The minimum Gasteiger partial charge on any atom is -0.325 e. The third-order valence-electron chi connectivity index (χ3n) is 3.73. The van der Waals surface area contributed by atoms with Crippen molar-refractivity contribution in [3.63, 3.8) is 0 Å². The maximum absolute atomic E-state index is 12.1. The highest BCUT2D eigenvalue weighted by Gasteiger charge is 2.12. The van der Waals surface area contributed by atoms with Crippen molar-refractivity contribution in [2.24, 2.45) is 0 Å². The Morgan fingerprint density at radius 2 is 1.88 bits per heavy atom. The first-order valence-corrected chi connectivity index (χ1v) is 8.17. The zero-order chi connectivity index (χ0) is 16.5. The molecule has 0 fully saturated rings. The minimum atomic E-state index is -0.225. The third kappa shape index (κ3) is 2.69. The van der Waals surface area contributed by atoms with E-state index in [0.717, 1.165) is 15.5 Å². The minimum absolute atomic E-state index is 0.225. The molecule has 2 aromatic carbocycles. The highest BCUT2D eigenvalue weighted by Crippen LogP contribution is 2.32. The highest BCUT2D eigenvalue weighted by atomic mass is 32.2. The van der Waals surface area contributed by atoms with Crippen LogP contribution in [0.1, 0.15) is 5.69 Å². The average molecular weight is 335 g/mol. The lowest BCUT2D eigenvalue weighted by molar-refractivity contribution is 0.881. The molecular formula is C17H13N5OS. The topological polar surface area (TPSA) is 87.3 Å². The summed E-state index contributed by atoms with van der Waals surface area (Å²) in [7, 11) is 0. The van der Waals surface area contributed by atoms with E-state index in [9.17, 15) is 4.79 Å². The fourth-order valence-electron chi connectivity index (χ4n) is 2.51. The predicted octanol–water partition coefficient (Wildman–Crippen LogP) is 3.17. The predicted molar refractivity (Wildman–Crippen MR) is 93.0 cm³/mol. The highest BCUT2D eigenvalue weighted by molar-refractivity contribution is 7.99. The normalized spacial score (nSPS) is 11.0. The number of hydrogen-bond acceptors (Lipinski definition) is 5. The summed E-state index contributed by atoms with van der Waals surface area (Å²) in [6, 6.07) is 16.3. The Bertz CT molecular complexity index is 1070. The molecule has 6 nitrogen and oxygen atoms in total. The first-order chi connectivity index (χ1) is 11.7. The monoisotopic (exact) mass is 335 g/mol. The molecule has 7 heteroatoms. The van der Waals surface area contributed by atoms with E-state index >= 15 is 0 Å². The molecule has 0 aliphatic rings. The largest absolute Gasteiger partial charge is 0.325 e. The maximum Gasteiger partial charge on any atom is 0.259 e. The van der Waals surface area contributed by atoms with E-state index in [4.69, 9.17) is 0 Å². The summed E-state index contributed by atoms with van der Waals surface area (Å²) >= 11 is 1.59. The van der Waals surface area contributed by atoms with Crippen molar-refractivity contribution in [3.05, 3.63) is 64.6 Å². The summed E-state index contributed by atoms with van der Waals surface area (Å²) in [4.78, 5) is 17.0. The number of aromatic amines is 2. The molecule has 2 N–H and O–H groups in total. The number of hydrogen-bond donors (Lipinski definition) is 2. The van der Waals surface area contributed by atoms with Gasteiger partial charge in [-0.15, -0.1) is 10.2 Å². The van der Waals surface area contributed by atoms with Gasteiger partial charge in [0, 0.05) is 15.5 Å². The number of fused-ring (bicyclic) bond motifs is 1. The van der Waals surface area contributed by atoms with E-state index in [1.165, 1.54) is 10.8 Å². The van der Waals surface area contributed by atoms with Gasteiger partial charge in [0.1, 0.15) is 0 Å². The van der Waals surface area contributed by atoms with Gasteiger partial charge in [-0.05, 0) is 41.1 Å². The van der Waals surface area contributed by atoms with Gasteiger partial charge >= 0.3 is 0 Å². The maximum atomic E-state index is 12.1. The molecule has 0 spiro atoms. The lowest BCUT2D eigenvalue weighted by Gasteiger charge is -2.08. The van der Waals surface area contributed by atoms with Crippen LogP contribution in [0.5, 0.6) is 0 Å². The van der Waals surface area contributed by atoms with E-state index in [1.54, 1.807) is 17.8 Å². The molecular weight excluding hydrogens is 322 g/mol. The number of rotatable bonds is 3. The van der Waals surface area contributed by atoms with Gasteiger partial charge in [-0.3, -0.25) is 4.79 Å². The Morgan fingerprint density at radius 3 is 2.67 bits per heavy atom. The second-order valence-corrected chi connectivity index (χ2v) is 6.46. The van der Waals surface area contributed by atoms with Gasteiger partial charge in [0.15, 0.2) is 0 Å². The van der Waals surface area contributed by atoms with Gasteiger partial charge in [-0.25, -0.2) is 0 Å². The zero-order valence-electron chi connectivity index (χ0n) is 12.8. The van der Waals surface area contributed by atoms with Crippen LogP contribution < -0.4 is 5.56 Å². The van der Waals surface area contributed by atoms with Crippen molar-refractivity contribution in [2.45, 2.75) is 16.7 Å². The number of aryl methyl sites for hydroxylation is 1.